The molecule has 0 radical (unpaired) electrons. The standard InChI is InChI=1S/C11H9BrFNO/c1-2-15-10-5-7-3-4-11(12)14-9(7)6-8(10)13/h3-6H,2H2,1H3. The van der Waals surface area contributed by atoms with Crippen LogP contribution < -0.4 is 4.74 Å². The molecule has 0 N–H and O–H groups in total. The molecule has 4 heteroatoms. The molecule has 1 aromatic heterocycles. The Balaban J connectivity index is 2.60. The van der Waals surface area contributed by atoms with Crippen LogP contribution in [0.4, 0.5) is 4.39 Å². The molecule has 0 bridgehead atoms. The van der Waals surface area contributed by atoms with Crippen molar-refractivity contribution >= 4 is 26.8 Å². The number of ether oxygens (including phenoxy) is 1. The number of aromatic nitrogens is 1. The predicted octanol–water partition coefficient (Wildman–Crippen LogP) is 3.54. The van der Waals surface area contributed by atoms with Gasteiger partial charge in [-0.3, -0.25) is 0 Å². The zero-order valence-corrected chi connectivity index (χ0v) is 9.71. The van der Waals surface area contributed by atoms with Gasteiger partial charge in [0.25, 0.3) is 0 Å². The molecule has 0 atom stereocenters. The number of rotatable bonds is 2. The molecule has 1 heterocycles. The van der Waals surface area contributed by atoms with Crippen LogP contribution in [0.25, 0.3) is 10.9 Å². The van der Waals surface area contributed by atoms with Gasteiger partial charge in [0.1, 0.15) is 4.60 Å². The molecule has 78 valence electrons. The molecule has 0 spiro atoms. The van der Waals surface area contributed by atoms with Crippen LogP contribution in [-0.2, 0) is 0 Å². The minimum absolute atomic E-state index is 0.272. The van der Waals surface area contributed by atoms with Crippen LogP contribution in [0.2, 0.25) is 0 Å². The third-order valence-corrected chi connectivity index (χ3v) is 2.45. The van der Waals surface area contributed by atoms with E-state index in [9.17, 15) is 4.39 Å². The average molecular weight is 270 g/mol. The zero-order valence-electron chi connectivity index (χ0n) is 8.13. The maximum absolute atomic E-state index is 13.5. The Morgan fingerprint density at radius 3 is 2.93 bits per heavy atom. The Bertz CT molecular complexity index is 501. The number of hydrogen-bond acceptors (Lipinski definition) is 2. The normalized spacial score (nSPS) is 10.6. The van der Waals surface area contributed by atoms with E-state index in [1.807, 2.05) is 19.1 Å². The molecule has 0 amide bonds. The molecule has 2 aromatic rings. The fourth-order valence-electron chi connectivity index (χ4n) is 1.37. The highest BCUT2D eigenvalue weighted by atomic mass is 79.9. The molecule has 0 aliphatic heterocycles. The van der Waals surface area contributed by atoms with Crippen molar-refractivity contribution in [2.24, 2.45) is 0 Å². The Hall–Kier alpha value is -1.16. The Morgan fingerprint density at radius 2 is 2.20 bits per heavy atom. The van der Waals surface area contributed by atoms with Gasteiger partial charge in [-0.15, -0.1) is 0 Å². The Kier molecular flexibility index (Phi) is 2.86. The summed E-state index contributed by atoms with van der Waals surface area (Å²) in [7, 11) is 0. The molecule has 15 heavy (non-hydrogen) atoms. The molecule has 0 saturated carbocycles. The van der Waals surface area contributed by atoms with Gasteiger partial charge >= 0.3 is 0 Å². The van der Waals surface area contributed by atoms with Gasteiger partial charge in [-0.1, -0.05) is 0 Å². The first kappa shape index (κ1) is 10.4. The quantitative estimate of drug-likeness (QED) is 0.779. The lowest BCUT2D eigenvalue weighted by molar-refractivity contribution is 0.322. The van der Waals surface area contributed by atoms with E-state index >= 15 is 0 Å². The Morgan fingerprint density at radius 1 is 1.40 bits per heavy atom. The highest BCUT2D eigenvalue weighted by Gasteiger charge is 2.06. The van der Waals surface area contributed by atoms with Crippen LogP contribution >= 0.6 is 15.9 Å². The van der Waals surface area contributed by atoms with Gasteiger partial charge in [0.05, 0.1) is 12.1 Å². The number of benzene rings is 1. The molecule has 2 rings (SSSR count). The second kappa shape index (κ2) is 4.14. The smallest absolute Gasteiger partial charge is 0.167 e. The van der Waals surface area contributed by atoms with Crippen LogP contribution in [0.15, 0.2) is 28.9 Å². The van der Waals surface area contributed by atoms with Crippen molar-refractivity contribution in [3.8, 4) is 5.75 Å². The summed E-state index contributed by atoms with van der Waals surface area (Å²) in [6.45, 7) is 2.27. The van der Waals surface area contributed by atoms with E-state index in [2.05, 4.69) is 20.9 Å². The zero-order chi connectivity index (χ0) is 10.8. The number of hydrogen-bond donors (Lipinski definition) is 0. The third kappa shape index (κ3) is 2.09. The van der Waals surface area contributed by atoms with Gasteiger partial charge in [0, 0.05) is 11.5 Å². The van der Waals surface area contributed by atoms with Gasteiger partial charge in [-0.05, 0) is 41.1 Å². The van der Waals surface area contributed by atoms with Crippen molar-refractivity contribution in [1.82, 2.24) is 4.98 Å². The first-order valence-corrected chi connectivity index (χ1v) is 5.38. The van der Waals surface area contributed by atoms with E-state index < -0.39 is 0 Å². The van der Waals surface area contributed by atoms with Crippen LogP contribution in [-0.4, -0.2) is 11.6 Å². The molecule has 0 unspecified atom stereocenters. The highest BCUT2D eigenvalue weighted by Crippen LogP contribution is 2.24. The van der Waals surface area contributed by atoms with Gasteiger partial charge in [-0.2, -0.15) is 0 Å². The van der Waals surface area contributed by atoms with Crippen molar-refractivity contribution in [3.63, 3.8) is 0 Å². The van der Waals surface area contributed by atoms with Crippen LogP contribution in [0.3, 0.4) is 0 Å². The number of fused-ring (bicyclic) bond motifs is 1. The Labute approximate surface area is 95.2 Å². The van der Waals surface area contributed by atoms with Crippen LogP contribution in [0.5, 0.6) is 5.75 Å². The summed E-state index contributed by atoms with van der Waals surface area (Å²) in [6, 6.07) is 6.73. The molecule has 0 saturated heterocycles. The summed E-state index contributed by atoms with van der Waals surface area (Å²) in [6.07, 6.45) is 0. The van der Waals surface area contributed by atoms with Crippen molar-refractivity contribution in [1.29, 1.82) is 0 Å². The van der Waals surface area contributed by atoms with Crippen molar-refractivity contribution in [2.45, 2.75) is 6.92 Å². The van der Waals surface area contributed by atoms with Gasteiger partial charge in [-0.25, -0.2) is 9.37 Å². The first-order valence-electron chi connectivity index (χ1n) is 4.59. The van der Waals surface area contributed by atoms with E-state index in [0.29, 0.717) is 16.7 Å². The lowest BCUT2D eigenvalue weighted by Gasteiger charge is -2.06. The number of halogens is 2. The van der Waals surface area contributed by atoms with E-state index in [1.165, 1.54) is 6.07 Å². The van der Waals surface area contributed by atoms with E-state index in [-0.39, 0.29) is 11.6 Å². The van der Waals surface area contributed by atoms with E-state index in [4.69, 9.17) is 4.74 Å². The summed E-state index contributed by atoms with van der Waals surface area (Å²) in [4.78, 5) is 4.16. The van der Waals surface area contributed by atoms with E-state index in [0.717, 1.165) is 5.39 Å². The lowest BCUT2D eigenvalue weighted by atomic mass is 10.2. The van der Waals surface area contributed by atoms with Gasteiger partial charge in [0.15, 0.2) is 11.6 Å². The summed E-state index contributed by atoms with van der Waals surface area (Å²) < 4.78 is 19.3. The predicted molar refractivity (Wildman–Crippen MR) is 60.6 cm³/mol. The van der Waals surface area contributed by atoms with Crippen LogP contribution in [0.1, 0.15) is 6.92 Å². The summed E-state index contributed by atoms with van der Waals surface area (Å²) in [5.41, 5.74) is 0.616. The SMILES string of the molecule is CCOc1cc2ccc(Br)nc2cc1F. The van der Waals surface area contributed by atoms with Gasteiger partial charge in [0.2, 0.25) is 0 Å². The molecule has 0 aliphatic rings. The van der Waals surface area contributed by atoms with Crippen molar-refractivity contribution < 1.29 is 9.13 Å². The van der Waals surface area contributed by atoms with Crippen molar-refractivity contribution in [2.75, 3.05) is 6.61 Å². The van der Waals surface area contributed by atoms with E-state index in [1.54, 1.807) is 6.07 Å². The first-order chi connectivity index (χ1) is 7.20. The largest absolute Gasteiger partial charge is 0.491 e. The fraction of sp³-hybridized carbons (Fsp3) is 0.182. The maximum Gasteiger partial charge on any atom is 0.167 e. The van der Waals surface area contributed by atoms with Crippen LogP contribution in [0, 0.1) is 5.82 Å². The summed E-state index contributed by atoms with van der Waals surface area (Å²) >= 11 is 3.24. The minimum Gasteiger partial charge on any atom is -0.491 e. The second-order valence-corrected chi connectivity index (χ2v) is 3.85. The molecular weight excluding hydrogens is 261 g/mol. The summed E-state index contributed by atoms with van der Waals surface area (Å²) in [5.74, 6) is -0.107. The average Bonchev–Trinajstić information content (AvgIpc) is 2.20. The number of pyridine rings is 1. The highest BCUT2D eigenvalue weighted by molar-refractivity contribution is 9.10. The second-order valence-electron chi connectivity index (χ2n) is 3.04. The number of nitrogens with zero attached hydrogens (tertiary/aromatic N) is 1. The molecule has 0 fully saturated rings. The lowest BCUT2D eigenvalue weighted by Crippen LogP contribution is -1.95. The third-order valence-electron chi connectivity index (χ3n) is 2.01. The topological polar surface area (TPSA) is 22.1 Å². The molecule has 2 nitrogen and oxygen atoms in total. The molecular formula is C11H9BrFNO. The molecule has 0 aliphatic carbocycles. The summed E-state index contributed by atoms with van der Waals surface area (Å²) in [5, 5.41) is 0.864. The monoisotopic (exact) mass is 269 g/mol. The van der Waals surface area contributed by atoms with Crippen molar-refractivity contribution in [3.05, 3.63) is 34.7 Å². The molecule has 1 aromatic carbocycles. The fourth-order valence-corrected chi connectivity index (χ4v) is 1.69. The van der Waals surface area contributed by atoms with Gasteiger partial charge < -0.3 is 4.74 Å². The minimum atomic E-state index is -0.380. The maximum atomic E-state index is 13.5.